The molecule has 0 atom stereocenters. The van der Waals surface area contributed by atoms with Crippen molar-refractivity contribution in [1.29, 1.82) is 0 Å². The fourth-order valence-electron chi connectivity index (χ4n) is 3.13. The van der Waals surface area contributed by atoms with Crippen molar-refractivity contribution in [3.8, 4) is 0 Å². The molecular formula is C22H22N2O6S. The summed E-state index contributed by atoms with van der Waals surface area (Å²) in [6.07, 6.45) is 2.77. The standard InChI is InChI=1S/C22H22N2O6S/c1-15(25)30-13-12-24-11-10-18-19(22(24)27)4-3-5-20(18)23-21(26)14-16-6-8-17(9-7-16)31(2,28)29/h3-11H,12-14H2,1-2H3,(H,23,26). The van der Waals surface area contributed by atoms with Crippen LogP contribution in [0.25, 0.3) is 10.8 Å². The largest absolute Gasteiger partial charge is 0.464 e. The topological polar surface area (TPSA) is 112 Å². The highest BCUT2D eigenvalue weighted by Crippen LogP contribution is 2.21. The average molecular weight is 442 g/mol. The van der Waals surface area contributed by atoms with Crippen molar-refractivity contribution in [2.24, 2.45) is 0 Å². The first-order chi connectivity index (χ1) is 14.6. The molecule has 31 heavy (non-hydrogen) atoms. The molecule has 3 aromatic rings. The number of carbonyl (C=O) groups excluding carboxylic acids is 2. The zero-order valence-corrected chi connectivity index (χ0v) is 17.9. The van der Waals surface area contributed by atoms with E-state index in [-0.39, 0.29) is 35.9 Å². The molecule has 9 heteroatoms. The number of benzene rings is 2. The molecule has 0 bridgehead atoms. The van der Waals surface area contributed by atoms with Gasteiger partial charge >= 0.3 is 5.97 Å². The predicted octanol–water partition coefficient (Wildman–Crippen LogP) is 2.15. The minimum absolute atomic E-state index is 0.0554. The van der Waals surface area contributed by atoms with Gasteiger partial charge in [-0.3, -0.25) is 14.4 Å². The first-order valence-electron chi connectivity index (χ1n) is 9.49. The number of hydrogen-bond donors (Lipinski definition) is 1. The van der Waals surface area contributed by atoms with Crippen LogP contribution in [0.3, 0.4) is 0 Å². The fourth-order valence-corrected chi connectivity index (χ4v) is 3.76. The predicted molar refractivity (Wildman–Crippen MR) is 117 cm³/mol. The molecule has 1 amide bonds. The van der Waals surface area contributed by atoms with Crippen LogP contribution < -0.4 is 10.9 Å². The minimum atomic E-state index is -3.30. The number of amides is 1. The lowest BCUT2D eigenvalue weighted by Gasteiger charge is -2.11. The molecule has 1 heterocycles. The molecule has 0 fully saturated rings. The molecule has 162 valence electrons. The lowest BCUT2D eigenvalue weighted by molar-refractivity contribution is -0.141. The summed E-state index contributed by atoms with van der Waals surface area (Å²) in [5.41, 5.74) is 0.912. The maximum Gasteiger partial charge on any atom is 0.302 e. The fraction of sp³-hybridized carbons (Fsp3) is 0.227. The van der Waals surface area contributed by atoms with E-state index in [9.17, 15) is 22.8 Å². The van der Waals surface area contributed by atoms with Crippen molar-refractivity contribution >= 4 is 38.2 Å². The number of nitrogens with one attached hydrogen (secondary N) is 1. The summed E-state index contributed by atoms with van der Waals surface area (Å²) in [6.45, 7) is 1.63. The first-order valence-corrected chi connectivity index (χ1v) is 11.4. The second kappa shape index (κ2) is 9.13. The molecule has 0 saturated carbocycles. The third-order valence-electron chi connectivity index (χ3n) is 4.65. The molecule has 0 aliphatic heterocycles. The summed E-state index contributed by atoms with van der Waals surface area (Å²) in [6, 6.07) is 12.9. The van der Waals surface area contributed by atoms with Crippen molar-refractivity contribution in [2.75, 3.05) is 18.2 Å². The molecule has 0 radical (unpaired) electrons. The van der Waals surface area contributed by atoms with Crippen LogP contribution in [0.1, 0.15) is 12.5 Å². The molecule has 0 aliphatic rings. The van der Waals surface area contributed by atoms with Gasteiger partial charge in [-0.2, -0.15) is 0 Å². The SMILES string of the molecule is CC(=O)OCCn1ccc2c(NC(=O)Cc3ccc(S(C)(=O)=O)cc3)cccc2c1=O. The Morgan fingerprint density at radius 3 is 2.39 bits per heavy atom. The monoisotopic (exact) mass is 442 g/mol. The molecular weight excluding hydrogens is 420 g/mol. The molecule has 0 aliphatic carbocycles. The molecule has 0 saturated heterocycles. The Morgan fingerprint density at radius 2 is 1.74 bits per heavy atom. The number of pyridine rings is 1. The number of ether oxygens (including phenoxy) is 1. The number of esters is 1. The number of sulfone groups is 1. The van der Waals surface area contributed by atoms with Crippen molar-refractivity contribution in [1.82, 2.24) is 4.57 Å². The van der Waals surface area contributed by atoms with Gasteiger partial charge in [0.1, 0.15) is 6.61 Å². The van der Waals surface area contributed by atoms with Crippen molar-refractivity contribution in [2.45, 2.75) is 24.8 Å². The summed E-state index contributed by atoms with van der Waals surface area (Å²) in [4.78, 5) is 36.3. The number of aromatic nitrogens is 1. The Bertz CT molecular complexity index is 1290. The molecule has 1 N–H and O–H groups in total. The van der Waals surface area contributed by atoms with Gasteiger partial charge in [0.25, 0.3) is 5.56 Å². The van der Waals surface area contributed by atoms with Crippen LogP contribution in [-0.4, -0.2) is 37.7 Å². The Kier molecular flexibility index (Phi) is 6.55. The van der Waals surface area contributed by atoms with Crippen LogP contribution in [-0.2, 0) is 37.1 Å². The lowest BCUT2D eigenvalue weighted by Crippen LogP contribution is -2.23. The zero-order chi connectivity index (χ0) is 22.6. The number of carbonyl (C=O) groups is 2. The van der Waals surface area contributed by atoms with Gasteiger partial charge in [-0.15, -0.1) is 0 Å². The first kappa shape index (κ1) is 22.2. The summed E-state index contributed by atoms with van der Waals surface area (Å²) >= 11 is 0. The smallest absolute Gasteiger partial charge is 0.302 e. The highest BCUT2D eigenvalue weighted by atomic mass is 32.2. The van der Waals surface area contributed by atoms with Crippen molar-refractivity contribution in [3.05, 3.63) is 70.6 Å². The maximum atomic E-state index is 12.7. The summed E-state index contributed by atoms with van der Waals surface area (Å²) in [5, 5.41) is 3.83. The maximum absolute atomic E-state index is 12.7. The Balaban J connectivity index is 1.76. The van der Waals surface area contributed by atoms with Crippen LogP contribution in [0, 0.1) is 0 Å². The second-order valence-corrected chi connectivity index (χ2v) is 9.08. The van der Waals surface area contributed by atoms with E-state index in [1.165, 1.54) is 23.6 Å². The average Bonchev–Trinajstić information content (AvgIpc) is 2.69. The minimum Gasteiger partial charge on any atom is -0.464 e. The summed E-state index contributed by atoms with van der Waals surface area (Å²) in [7, 11) is -3.30. The number of rotatable bonds is 7. The van der Waals surface area contributed by atoms with Crippen LogP contribution in [0.5, 0.6) is 0 Å². The summed E-state index contributed by atoms with van der Waals surface area (Å²) < 4.78 is 29.4. The Labute approximate surface area is 179 Å². The van der Waals surface area contributed by atoms with E-state index in [4.69, 9.17) is 4.74 Å². The van der Waals surface area contributed by atoms with Crippen LogP contribution in [0.15, 0.2) is 64.4 Å². The third-order valence-corrected chi connectivity index (χ3v) is 5.77. The Morgan fingerprint density at radius 1 is 1.03 bits per heavy atom. The van der Waals surface area contributed by atoms with E-state index in [1.54, 1.807) is 42.6 Å². The van der Waals surface area contributed by atoms with Crippen LogP contribution in [0.4, 0.5) is 5.69 Å². The zero-order valence-electron chi connectivity index (χ0n) is 17.1. The van der Waals surface area contributed by atoms with E-state index < -0.39 is 15.8 Å². The second-order valence-electron chi connectivity index (χ2n) is 7.06. The van der Waals surface area contributed by atoms with Gasteiger partial charge < -0.3 is 14.6 Å². The molecule has 2 aromatic carbocycles. The van der Waals surface area contributed by atoms with Crippen molar-refractivity contribution < 1.29 is 22.7 Å². The van der Waals surface area contributed by atoms with Gasteiger partial charge in [0, 0.05) is 35.8 Å². The molecule has 8 nitrogen and oxygen atoms in total. The highest BCUT2D eigenvalue weighted by molar-refractivity contribution is 7.90. The van der Waals surface area contributed by atoms with Gasteiger partial charge in [-0.25, -0.2) is 8.42 Å². The van der Waals surface area contributed by atoms with E-state index in [1.807, 2.05) is 0 Å². The van der Waals surface area contributed by atoms with E-state index in [2.05, 4.69) is 5.32 Å². The number of hydrogen-bond acceptors (Lipinski definition) is 6. The van der Waals surface area contributed by atoms with E-state index in [0.717, 1.165) is 6.26 Å². The van der Waals surface area contributed by atoms with Crippen LogP contribution in [0.2, 0.25) is 0 Å². The normalized spacial score (nSPS) is 11.3. The van der Waals surface area contributed by atoms with Gasteiger partial charge in [0.2, 0.25) is 5.91 Å². The molecule has 0 unspecified atom stereocenters. The van der Waals surface area contributed by atoms with Gasteiger partial charge in [-0.1, -0.05) is 18.2 Å². The number of fused-ring (bicyclic) bond motifs is 1. The van der Waals surface area contributed by atoms with Gasteiger partial charge in [0.15, 0.2) is 9.84 Å². The molecule has 1 aromatic heterocycles. The van der Waals surface area contributed by atoms with E-state index >= 15 is 0 Å². The van der Waals surface area contributed by atoms with Crippen LogP contribution >= 0.6 is 0 Å². The summed E-state index contributed by atoms with van der Waals surface area (Å²) in [5.74, 6) is -0.705. The molecule has 0 spiro atoms. The Hall–Kier alpha value is -3.46. The highest BCUT2D eigenvalue weighted by Gasteiger charge is 2.11. The number of nitrogens with zero attached hydrogens (tertiary/aromatic N) is 1. The number of anilines is 1. The van der Waals surface area contributed by atoms with Gasteiger partial charge in [-0.05, 0) is 35.9 Å². The van der Waals surface area contributed by atoms with E-state index in [0.29, 0.717) is 22.0 Å². The van der Waals surface area contributed by atoms with Crippen molar-refractivity contribution in [3.63, 3.8) is 0 Å². The molecule has 3 rings (SSSR count). The van der Waals surface area contributed by atoms with Gasteiger partial charge in [0.05, 0.1) is 17.9 Å². The lowest BCUT2D eigenvalue weighted by atomic mass is 10.1. The quantitative estimate of drug-likeness (QED) is 0.561. The third kappa shape index (κ3) is 5.58.